The standard InChI is InChI=1S/C11H12N4O3/c16-11(17)9-12-5-7-6-13-15(10(7)14-9)8-1-3-18-4-2-8/h5-6,8H,1-4H2,(H,16,17). The molecule has 18 heavy (non-hydrogen) atoms. The van der Waals surface area contributed by atoms with Gasteiger partial charge in [-0.2, -0.15) is 5.10 Å². The van der Waals surface area contributed by atoms with E-state index in [9.17, 15) is 4.79 Å². The van der Waals surface area contributed by atoms with E-state index in [0.29, 0.717) is 18.9 Å². The van der Waals surface area contributed by atoms with Gasteiger partial charge in [0.25, 0.3) is 0 Å². The van der Waals surface area contributed by atoms with E-state index >= 15 is 0 Å². The summed E-state index contributed by atoms with van der Waals surface area (Å²) in [5.41, 5.74) is 0.578. The molecule has 2 aromatic rings. The lowest BCUT2D eigenvalue weighted by Crippen LogP contribution is -2.21. The van der Waals surface area contributed by atoms with Crippen molar-refractivity contribution in [2.45, 2.75) is 18.9 Å². The van der Waals surface area contributed by atoms with Gasteiger partial charge in [-0.3, -0.25) is 0 Å². The number of ether oxygens (including phenoxy) is 1. The molecule has 1 aliphatic heterocycles. The highest BCUT2D eigenvalue weighted by Gasteiger charge is 2.20. The smallest absolute Gasteiger partial charge is 0.374 e. The molecule has 2 aromatic heterocycles. The molecule has 0 atom stereocenters. The van der Waals surface area contributed by atoms with Gasteiger partial charge in [0.1, 0.15) is 0 Å². The van der Waals surface area contributed by atoms with Crippen LogP contribution in [0.3, 0.4) is 0 Å². The topological polar surface area (TPSA) is 90.1 Å². The first-order valence-electron chi connectivity index (χ1n) is 5.77. The maximum atomic E-state index is 10.9. The fourth-order valence-corrected chi connectivity index (χ4v) is 2.14. The summed E-state index contributed by atoms with van der Waals surface area (Å²) >= 11 is 0. The summed E-state index contributed by atoms with van der Waals surface area (Å²) in [4.78, 5) is 18.7. The normalized spacial score (nSPS) is 17.1. The predicted octanol–water partition coefficient (Wildman–Crippen LogP) is 0.876. The van der Waals surface area contributed by atoms with Gasteiger partial charge in [0.05, 0.1) is 17.6 Å². The second-order valence-corrected chi connectivity index (χ2v) is 4.21. The number of aromatic nitrogens is 4. The molecule has 1 saturated heterocycles. The number of carboxylic acids is 1. The van der Waals surface area contributed by atoms with Gasteiger partial charge < -0.3 is 9.84 Å². The Morgan fingerprint density at radius 3 is 2.89 bits per heavy atom. The fourth-order valence-electron chi connectivity index (χ4n) is 2.14. The number of fused-ring (bicyclic) bond motifs is 1. The van der Waals surface area contributed by atoms with E-state index < -0.39 is 5.97 Å². The first-order valence-corrected chi connectivity index (χ1v) is 5.77. The number of aromatic carboxylic acids is 1. The maximum absolute atomic E-state index is 10.9. The molecular formula is C11H12N4O3. The van der Waals surface area contributed by atoms with Gasteiger partial charge in [-0.05, 0) is 12.8 Å². The van der Waals surface area contributed by atoms with Crippen LogP contribution in [0.15, 0.2) is 12.4 Å². The minimum absolute atomic E-state index is 0.198. The monoisotopic (exact) mass is 248 g/mol. The van der Waals surface area contributed by atoms with Crippen molar-refractivity contribution in [1.82, 2.24) is 19.7 Å². The zero-order chi connectivity index (χ0) is 12.5. The van der Waals surface area contributed by atoms with Crippen LogP contribution < -0.4 is 0 Å². The average molecular weight is 248 g/mol. The molecular weight excluding hydrogens is 236 g/mol. The molecule has 3 rings (SSSR count). The van der Waals surface area contributed by atoms with Crippen molar-refractivity contribution < 1.29 is 14.6 Å². The number of hydrogen-bond donors (Lipinski definition) is 1. The Hall–Kier alpha value is -2.02. The van der Waals surface area contributed by atoms with Crippen molar-refractivity contribution in [2.24, 2.45) is 0 Å². The van der Waals surface area contributed by atoms with Crippen LogP contribution in [-0.4, -0.2) is 44.0 Å². The number of hydrogen-bond acceptors (Lipinski definition) is 5. The van der Waals surface area contributed by atoms with Crippen molar-refractivity contribution in [3.63, 3.8) is 0 Å². The molecule has 0 saturated carbocycles. The Kier molecular flexibility index (Phi) is 2.67. The molecule has 1 N–H and O–H groups in total. The Bertz CT molecular complexity index is 589. The van der Waals surface area contributed by atoms with Crippen molar-refractivity contribution in [3.05, 3.63) is 18.2 Å². The zero-order valence-electron chi connectivity index (χ0n) is 9.61. The summed E-state index contributed by atoms with van der Waals surface area (Å²) < 4.78 is 7.09. The molecule has 0 aliphatic carbocycles. The molecule has 0 aromatic carbocycles. The molecule has 7 heteroatoms. The van der Waals surface area contributed by atoms with Gasteiger partial charge >= 0.3 is 5.97 Å². The summed E-state index contributed by atoms with van der Waals surface area (Å²) in [7, 11) is 0. The van der Waals surface area contributed by atoms with Crippen LogP contribution in [0.5, 0.6) is 0 Å². The summed E-state index contributed by atoms with van der Waals surface area (Å²) in [6.07, 6.45) is 4.89. The van der Waals surface area contributed by atoms with Crippen LogP contribution >= 0.6 is 0 Å². The van der Waals surface area contributed by atoms with Crippen LogP contribution in [0.25, 0.3) is 11.0 Å². The first kappa shape index (κ1) is 11.1. The minimum Gasteiger partial charge on any atom is -0.475 e. The maximum Gasteiger partial charge on any atom is 0.374 e. The molecule has 0 spiro atoms. The minimum atomic E-state index is -1.13. The molecule has 7 nitrogen and oxygen atoms in total. The lowest BCUT2D eigenvalue weighted by Gasteiger charge is -2.22. The molecule has 0 unspecified atom stereocenters. The quantitative estimate of drug-likeness (QED) is 0.848. The number of rotatable bonds is 2. The molecule has 0 radical (unpaired) electrons. The molecule has 3 heterocycles. The molecule has 94 valence electrons. The Morgan fingerprint density at radius 1 is 1.39 bits per heavy atom. The van der Waals surface area contributed by atoms with E-state index in [1.807, 2.05) is 0 Å². The lowest BCUT2D eigenvalue weighted by atomic mass is 10.1. The molecule has 0 bridgehead atoms. The SMILES string of the molecule is O=C(O)c1ncc2cnn(C3CCOCC3)c2n1. The second-order valence-electron chi connectivity index (χ2n) is 4.21. The van der Waals surface area contributed by atoms with Crippen molar-refractivity contribution >= 4 is 17.0 Å². The molecule has 1 aliphatic rings. The molecule has 1 fully saturated rings. The van der Waals surface area contributed by atoms with Crippen LogP contribution in [0.4, 0.5) is 0 Å². The summed E-state index contributed by atoms with van der Waals surface area (Å²) in [6.45, 7) is 1.39. The average Bonchev–Trinajstić information content (AvgIpc) is 2.82. The second kappa shape index (κ2) is 4.34. The predicted molar refractivity (Wildman–Crippen MR) is 61.4 cm³/mol. The van der Waals surface area contributed by atoms with E-state index in [1.54, 1.807) is 10.9 Å². The highest BCUT2D eigenvalue weighted by Crippen LogP contribution is 2.23. The van der Waals surface area contributed by atoms with Crippen molar-refractivity contribution in [1.29, 1.82) is 0 Å². The summed E-state index contributed by atoms with van der Waals surface area (Å²) in [5, 5.41) is 13.9. The number of carboxylic acid groups (broad SMARTS) is 1. The van der Waals surface area contributed by atoms with Crippen molar-refractivity contribution in [2.75, 3.05) is 13.2 Å². The summed E-state index contributed by atoms with van der Waals surface area (Å²) in [5.74, 6) is -1.33. The summed E-state index contributed by atoms with van der Waals surface area (Å²) in [6, 6.07) is 0.216. The van der Waals surface area contributed by atoms with Gasteiger partial charge in [-0.1, -0.05) is 0 Å². The van der Waals surface area contributed by atoms with Crippen LogP contribution in [-0.2, 0) is 4.74 Å². The Labute approximate surface area is 102 Å². The Morgan fingerprint density at radius 2 is 2.17 bits per heavy atom. The lowest BCUT2D eigenvalue weighted by molar-refractivity contribution is 0.0665. The van der Waals surface area contributed by atoms with E-state index in [-0.39, 0.29) is 11.9 Å². The molecule has 0 amide bonds. The van der Waals surface area contributed by atoms with E-state index in [4.69, 9.17) is 9.84 Å². The van der Waals surface area contributed by atoms with Gasteiger partial charge in [-0.25, -0.2) is 19.4 Å². The third kappa shape index (κ3) is 1.82. The number of carbonyl (C=O) groups is 1. The third-order valence-electron chi connectivity index (χ3n) is 3.06. The van der Waals surface area contributed by atoms with Gasteiger partial charge in [0.15, 0.2) is 5.65 Å². The highest BCUT2D eigenvalue weighted by atomic mass is 16.5. The van der Waals surface area contributed by atoms with Crippen molar-refractivity contribution in [3.8, 4) is 0 Å². The Balaban J connectivity index is 2.05. The van der Waals surface area contributed by atoms with Gasteiger partial charge in [0, 0.05) is 19.4 Å². The van der Waals surface area contributed by atoms with E-state index in [0.717, 1.165) is 18.2 Å². The van der Waals surface area contributed by atoms with Crippen LogP contribution in [0.2, 0.25) is 0 Å². The largest absolute Gasteiger partial charge is 0.475 e. The fraction of sp³-hybridized carbons (Fsp3) is 0.455. The zero-order valence-corrected chi connectivity index (χ0v) is 9.61. The van der Waals surface area contributed by atoms with E-state index in [1.165, 1.54) is 6.20 Å². The highest BCUT2D eigenvalue weighted by molar-refractivity contribution is 5.86. The van der Waals surface area contributed by atoms with Crippen LogP contribution in [0, 0.1) is 0 Å². The van der Waals surface area contributed by atoms with Gasteiger partial charge in [-0.15, -0.1) is 0 Å². The van der Waals surface area contributed by atoms with E-state index in [2.05, 4.69) is 15.1 Å². The third-order valence-corrected chi connectivity index (χ3v) is 3.06. The number of nitrogens with zero attached hydrogens (tertiary/aromatic N) is 4. The van der Waals surface area contributed by atoms with Gasteiger partial charge in [0.2, 0.25) is 5.82 Å². The first-order chi connectivity index (χ1) is 8.75. The van der Waals surface area contributed by atoms with Crippen LogP contribution in [0.1, 0.15) is 29.5 Å².